The van der Waals surface area contributed by atoms with Crippen molar-refractivity contribution in [1.82, 2.24) is 14.9 Å². The zero-order chi connectivity index (χ0) is 21.6. The Kier molecular flexibility index (Phi) is 7.70. The van der Waals surface area contributed by atoms with Gasteiger partial charge in [0.25, 0.3) is 0 Å². The SMILES string of the molecule is CCCc1nnc(NC(=O)C(Cc2ccccc2)NS(=O)(=O)c2ccc(Br)cc2)s1. The van der Waals surface area contributed by atoms with Crippen LogP contribution in [-0.4, -0.2) is 30.6 Å². The summed E-state index contributed by atoms with van der Waals surface area (Å²) in [5.41, 5.74) is 0.833. The minimum absolute atomic E-state index is 0.0812. The van der Waals surface area contributed by atoms with Crippen LogP contribution in [0.2, 0.25) is 0 Å². The maximum absolute atomic E-state index is 12.9. The standard InChI is InChI=1S/C20H21BrN4O3S2/c1-2-6-18-23-24-20(29-18)22-19(26)17(13-14-7-4-3-5-8-14)25-30(27,28)16-11-9-15(21)10-12-16/h3-5,7-12,17,25H,2,6,13H2,1H3,(H,22,24,26). The van der Waals surface area contributed by atoms with Gasteiger partial charge in [-0.25, -0.2) is 8.42 Å². The number of rotatable bonds is 9. The molecule has 1 heterocycles. The van der Waals surface area contributed by atoms with Crippen molar-refractivity contribution in [3.8, 4) is 0 Å². The lowest BCUT2D eigenvalue weighted by molar-refractivity contribution is -0.117. The van der Waals surface area contributed by atoms with E-state index in [1.165, 1.54) is 23.5 Å². The number of aromatic nitrogens is 2. The molecule has 2 aromatic carbocycles. The van der Waals surface area contributed by atoms with Gasteiger partial charge in [-0.2, -0.15) is 4.72 Å². The van der Waals surface area contributed by atoms with E-state index in [0.717, 1.165) is 27.9 Å². The molecular formula is C20H21BrN4O3S2. The van der Waals surface area contributed by atoms with E-state index >= 15 is 0 Å². The van der Waals surface area contributed by atoms with Crippen LogP contribution in [0.1, 0.15) is 23.9 Å². The van der Waals surface area contributed by atoms with Gasteiger partial charge in [0, 0.05) is 10.9 Å². The third kappa shape index (κ3) is 6.18. The summed E-state index contributed by atoms with van der Waals surface area (Å²) in [6.45, 7) is 2.03. The number of halogens is 1. The molecule has 3 aromatic rings. The highest BCUT2D eigenvalue weighted by Gasteiger charge is 2.27. The Bertz CT molecular complexity index is 1090. The monoisotopic (exact) mass is 508 g/mol. The first-order valence-electron chi connectivity index (χ1n) is 9.32. The third-order valence-electron chi connectivity index (χ3n) is 4.18. The molecule has 0 bridgehead atoms. The van der Waals surface area contributed by atoms with Crippen molar-refractivity contribution in [2.24, 2.45) is 0 Å². The van der Waals surface area contributed by atoms with Crippen LogP contribution in [0.25, 0.3) is 0 Å². The zero-order valence-corrected chi connectivity index (χ0v) is 19.4. The number of benzene rings is 2. The van der Waals surface area contributed by atoms with Gasteiger partial charge in [-0.3, -0.25) is 10.1 Å². The van der Waals surface area contributed by atoms with Crippen LogP contribution in [0.3, 0.4) is 0 Å². The number of anilines is 1. The second kappa shape index (κ2) is 10.3. The van der Waals surface area contributed by atoms with Crippen molar-refractivity contribution in [3.63, 3.8) is 0 Å². The van der Waals surface area contributed by atoms with Gasteiger partial charge in [0.05, 0.1) is 4.90 Å². The molecule has 7 nitrogen and oxygen atoms in total. The van der Waals surface area contributed by atoms with Gasteiger partial charge < -0.3 is 0 Å². The lowest BCUT2D eigenvalue weighted by Gasteiger charge is -2.18. The Morgan fingerprint density at radius 1 is 1.10 bits per heavy atom. The molecule has 10 heteroatoms. The summed E-state index contributed by atoms with van der Waals surface area (Å²) in [6.07, 6.45) is 1.90. The normalized spacial score (nSPS) is 12.5. The Morgan fingerprint density at radius 2 is 1.80 bits per heavy atom. The van der Waals surface area contributed by atoms with E-state index in [0.29, 0.717) is 5.13 Å². The number of aryl methyl sites for hydroxylation is 1. The van der Waals surface area contributed by atoms with E-state index in [1.54, 1.807) is 12.1 Å². The van der Waals surface area contributed by atoms with E-state index in [-0.39, 0.29) is 11.3 Å². The molecule has 0 aliphatic carbocycles. The summed E-state index contributed by atoms with van der Waals surface area (Å²) in [5.74, 6) is -0.487. The van der Waals surface area contributed by atoms with Crippen molar-refractivity contribution in [2.75, 3.05) is 5.32 Å². The van der Waals surface area contributed by atoms with E-state index in [2.05, 4.69) is 36.2 Å². The topological polar surface area (TPSA) is 101 Å². The Balaban J connectivity index is 1.81. The van der Waals surface area contributed by atoms with Gasteiger partial charge in [-0.15, -0.1) is 10.2 Å². The minimum atomic E-state index is -3.90. The summed E-state index contributed by atoms with van der Waals surface area (Å²) < 4.78 is 29.0. The Labute approximate surface area is 188 Å². The first-order valence-corrected chi connectivity index (χ1v) is 12.4. The smallest absolute Gasteiger partial charge is 0.244 e. The van der Waals surface area contributed by atoms with Crippen LogP contribution in [-0.2, 0) is 27.7 Å². The van der Waals surface area contributed by atoms with Gasteiger partial charge in [0.2, 0.25) is 21.1 Å². The number of sulfonamides is 1. The number of nitrogens with one attached hydrogen (secondary N) is 2. The second-order valence-electron chi connectivity index (χ2n) is 6.56. The first-order chi connectivity index (χ1) is 14.4. The van der Waals surface area contributed by atoms with Crippen LogP contribution in [0.5, 0.6) is 0 Å². The zero-order valence-electron chi connectivity index (χ0n) is 16.2. The van der Waals surface area contributed by atoms with Crippen LogP contribution >= 0.6 is 27.3 Å². The molecular weight excluding hydrogens is 488 g/mol. The van der Waals surface area contributed by atoms with Crippen molar-refractivity contribution < 1.29 is 13.2 Å². The molecule has 0 aliphatic heterocycles. The Hall–Kier alpha value is -2.14. The number of nitrogens with zero attached hydrogens (tertiary/aromatic N) is 2. The summed E-state index contributed by atoms with van der Waals surface area (Å²) >= 11 is 4.58. The summed E-state index contributed by atoms with van der Waals surface area (Å²) in [6, 6.07) is 14.5. The number of hydrogen-bond acceptors (Lipinski definition) is 6. The molecule has 0 radical (unpaired) electrons. The van der Waals surface area contributed by atoms with E-state index in [9.17, 15) is 13.2 Å². The number of carbonyl (C=O) groups is 1. The van der Waals surface area contributed by atoms with Crippen LogP contribution in [0.15, 0.2) is 64.0 Å². The Morgan fingerprint density at radius 3 is 2.47 bits per heavy atom. The van der Waals surface area contributed by atoms with Crippen molar-refractivity contribution in [1.29, 1.82) is 0 Å². The molecule has 30 heavy (non-hydrogen) atoms. The fraction of sp³-hybridized carbons (Fsp3) is 0.250. The quantitative estimate of drug-likeness (QED) is 0.457. The first kappa shape index (κ1) is 22.5. The molecule has 0 saturated heterocycles. The highest BCUT2D eigenvalue weighted by molar-refractivity contribution is 9.10. The lowest BCUT2D eigenvalue weighted by atomic mass is 10.1. The second-order valence-corrected chi connectivity index (χ2v) is 10.2. The molecule has 0 saturated carbocycles. The third-order valence-corrected chi connectivity index (χ3v) is 7.10. The molecule has 1 amide bonds. The maximum atomic E-state index is 12.9. The average molecular weight is 509 g/mol. The largest absolute Gasteiger partial charge is 0.299 e. The number of amides is 1. The van der Waals surface area contributed by atoms with E-state index < -0.39 is 22.0 Å². The van der Waals surface area contributed by atoms with Crippen LogP contribution in [0, 0.1) is 0 Å². The molecule has 1 aromatic heterocycles. The van der Waals surface area contributed by atoms with Gasteiger partial charge in [0.15, 0.2) is 0 Å². The summed E-state index contributed by atoms with van der Waals surface area (Å²) in [5, 5.41) is 11.9. The van der Waals surface area contributed by atoms with Gasteiger partial charge in [-0.05, 0) is 42.7 Å². The highest BCUT2D eigenvalue weighted by Crippen LogP contribution is 2.19. The number of hydrogen-bond donors (Lipinski definition) is 2. The molecule has 2 N–H and O–H groups in total. The fourth-order valence-corrected chi connectivity index (χ4v) is 5.02. The summed E-state index contributed by atoms with van der Waals surface area (Å²) in [4.78, 5) is 13.0. The van der Waals surface area contributed by atoms with Crippen molar-refractivity contribution >= 4 is 48.3 Å². The molecule has 158 valence electrons. The molecule has 0 spiro atoms. The van der Waals surface area contributed by atoms with Crippen LogP contribution in [0.4, 0.5) is 5.13 Å². The lowest BCUT2D eigenvalue weighted by Crippen LogP contribution is -2.45. The van der Waals surface area contributed by atoms with E-state index in [4.69, 9.17) is 0 Å². The van der Waals surface area contributed by atoms with Gasteiger partial charge in [-0.1, -0.05) is 64.5 Å². The minimum Gasteiger partial charge on any atom is -0.299 e. The predicted molar refractivity (Wildman–Crippen MR) is 121 cm³/mol. The number of carbonyl (C=O) groups excluding carboxylic acids is 1. The van der Waals surface area contributed by atoms with Crippen molar-refractivity contribution in [3.05, 3.63) is 69.6 Å². The molecule has 0 fully saturated rings. The highest BCUT2D eigenvalue weighted by atomic mass is 79.9. The maximum Gasteiger partial charge on any atom is 0.244 e. The van der Waals surface area contributed by atoms with Crippen molar-refractivity contribution in [2.45, 2.75) is 37.1 Å². The summed E-state index contributed by atoms with van der Waals surface area (Å²) in [7, 11) is -3.90. The molecule has 0 aliphatic rings. The molecule has 1 atom stereocenters. The van der Waals surface area contributed by atoms with Gasteiger partial charge >= 0.3 is 0 Å². The average Bonchev–Trinajstić information content (AvgIpc) is 3.15. The predicted octanol–water partition coefficient (Wildman–Crippen LogP) is 3.78. The van der Waals surface area contributed by atoms with Gasteiger partial charge in [0.1, 0.15) is 11.0 Å². The fourth-order valence-electron chi connectivity index (χ4n) is 2.72. The molecule has 3 rings (SSSR count). The van der Waals surface area contributed by atoms with Crippen LogP contribution < -0.4 is 10.0 Å². The molecule has 1 unspecified atom stereocenters. The van der Waals surface area contributed by atoms with E-state index in [1.807, 2.05) is 37.3 Å².